The van der Waals surface area contributed by atoms with Gasteiger partial charge in [-0.25, -0.2) is 9.37 Å². The fraction of sp³-hybridized carbons (Fsp3) is 0.267. The number of rotatable bonds is 7. The van der Waals surface area contributed by atoms with Crippen LogP contribution in [0.1, 0.15) is 24.5 Å². The molecule has 0 aliphatic carbocycles. The zero-order valence-electron chi connectivity index (χ0n) is 22.9. The molecule has 4 heterocycles. The number of nitrogens with one attached hydrogen (secondary N) is 2. The van der Waals surface area contributed by atoms with Crippen molar-refractivity contribution in [2.45, 2.75) is 24.8 Å². The van der Waals surface area contributed by atoms with E-state index in [0.29, 0.717) is 45.0 Å². The molecule has 2 N–H and O–H groups in total. The van der Waals surface area contributed by atoms with Gasteiger partial charge in [-0.1, -0.05) is 18.2 Å². The summed E-state index contributed by atoms with van der Waals surface area (Å²) < 4.78 is 29.1. The Kier molecular flexibility index (Phi) is 7.57. The summed E-state index contributed by atoms with van der Waals surface area (Å²) >= 11 is -1.24. The largest absolute Gasteiger partial charge is 0.612 e. The first-order valence-corrected chi connectivity index (χ1v) is 15.0. The first kappa shape index (κ1) is 27.1. The van der Waals surface area contributed by atoms with Crippen LogP contribution in [0.3, 0.4) is 0 Å². The summed E-state index contributed by atoms with van der Waals surface area (Å²) in [5.41, 5.74) is 4.10. The number of halogens is 1. The summed E-state index contributed by atoms with van der Waals surface area (Å²) in [5.74, 6) is -0.0986. The van der Waals surface area contributed by atoms with Crippen LogP contribution in [0.15, 0.2) is 75.0 Å². The molecule has 11 heteroatoms. The third-order valence-electron chi connectivity index (χ3n) is 7.38. The van der Waals surface area contributed by atoms with Gasteiger partial charge in [0.1, 0.15) is 17.7 Å². The van der Waals surface area contributed by atoms with E-state index in [0.717, 1.165) is 37.3 Å². The summed E-state index contributed by atoms with van der Waals surface area (Å²) in [4.78, 5) is 30.3. The third kappa shape index (κ3) is 5.48. The van der Waals surface area contributed by atoms with Crippen molar-refractivity contribution < 1.29 is 8.94 Å². The van der Waals surface area contributed by atoms with Crippen LogP contribution in [0.2, 0.25) is 0 Å². The van der Waals surface area contributed by atoms with E-state index in [-0.39, 0.29) is 23.9 Å². The standard InChI is InChI=1S/C30H30FN7O2S/c1-19-9-10-33-27(19)23-15-21-17-34-30(35-22-7-8-25(24(31)16-22)37-13-11-32-12-14-37)36-28(21)38(29(23)39)18-20-5-3-4-6-26(20)41(2)40/h3-8,10,15-17,32H,9,11-14,18H2,1-2H3,(H,34,35,36). The first-order chi connectivity index (χ1) is 19.9. The van der Waals surface area contributed by atoms with E-state index in [2.05, 4.69) is 20.6 Å². The number of piperazine rings is 1. The van der Waals surface area contributed by atoms with Gasteiger partial charge < -0.3 is 20.1 Å². The molecule has 41 heavy (non-hydrogen) atoms. The van der Waals surface area contributed by atoms with Gasteiger partial charge in [0.25, 0.3) is 5.56 Å². The zero-order chi connectivity index (χ0) is 28.5. The van der Waals surface area contributed by atoms with Crippen molar-refractivity contribution in [3.8, 4) is 0 Å². The first-order valence-electron chi connectivity index (χ1n) is 13.5. The third-order valence-corrected chi connectivity index (χ3v) is 8.39. The fourth-order valence-corrected chi connectivity index (χ4v) is 6.05. The number of fused-ring (bicyclic) bond motifs is 1. The number of allylic oxidation sites excluding steroid dienone is 1. The molecule has 0 spiro atoms. The molecule has 210 valence electrons. The molecule has 1 fully saturated rings. The fourth-order valence-electron chi connectivity index (χ4n) is 5.28. The molecular weight excluding hydrogens is 541 g/mol. The maximum absolute atomic E-state index is 15.0. The molecule has 2 aliphatic heterocycles. The maximum Gasteiger partial charge on any atom is 0.261 e. The highest BCUT2D eigenvalue weighted by Crippen LogP contribution is 2.28. The minimum Gasteiger partial charge on any atom is -0.612 e. The Hall–Kier alpha value is -4.06. The van der Waals surface area contributed by atoms with Crippen molar-refractivity contribution >= 4 is 51.4 Å². The molecular formula is C30H30FN7O2S. The lowest BCUT2D eigenvalue weighted by Gasteiger charge is -2.29. The van der Waals surface area contributed by atoms with E-state index >= 15 is 4.39 Å². The van der Waals surface area contributed by atoms with Crippen molar-refractivity contribution in [1.82, 2.24) is 19.9 Å². The number of aromatic nitrogens is 3. The predicted octanol–water partition coefficient (Wildman–Crippen LogP) is 4.08. The molecule has 2 aromatic heterocycles. The smallest absolute Gasteiger partial charge is 0.261 e. The van der Waals surface area contributed by atoms with Crippen LogP contribution < -0.4 is 21.1 Å². The SMILES string of the molecule is CC1=C(c2cc3cnc(Nc4ccc(N5CCNCC5)c(F)c4)nc3n(Cc3ccccc3[S+](C)[O-])c2=O)N=CC1. The summed E-state index contributed by atoms with van der Waals surface area (Å²) in [6.07, 6.45) is 5.75. The number of anilines is 3. The van der Waals surface area contributed by atoms with Crippen molar-refractivity contribution in [2.24, 2.45) is 4.99 Å². The van der Waals surface area contributed by atoms with Gasteiger partial charge in [0.15, 0.2) is 4.90 Å². The van der Waals surface area contributed by atoms with Crippen molar-refractivity contribution in [1.29, 1.82) is 0 Å². The molecule has 1 unspecified atom stereocenters. The Morgan fingerprint density at radius 2 is 1.95 bits per heavy atom. The van der Waals surface area contributed by atoms with E-state index in [1.165, 1.54) is 6.07 Å². The van der Waals surface area contributed by atoms with Crippen molar-refractivity contribution in [3.63, 3.8) is 0 Å². The monoisotopic (exact) mass is 571 g/mol. The van der Waals surface area contributed by atoms with Crippen LogP contribution in [-0.2, 0) is 17.7 Å². The van der Waals surface area contributed by atoms with Crippen molar-refractivity contribution in [2.75, 3.05) is 42.7 Å². The minimum absolute atomic E-state index is 0.166. The number of aliphatic imine (C=N–C) groups is 1. The average Bonchev–Trinajstić information content (AvgIpc) is 3.40. The second kappa shape index (κ2) is 11.4. The molecule has 2 aromatic carbocycles. The van der Waals surface area contributed by atoms with E-state index in [1.54, 1.807) is 47.5 Å². The van der Waals surface area contributed by atoms with Crippen molar-refractivity contribution in [3.05, 3.63) is 87.6 Å². The molecule has 2 aliphatic rings. The summed E-state index contributed by atoms with van der Waals surface area (Å²) in [5, 5.41) is 7.02. The van der Waals surface area contributed by atoms with Gasteiger partial charge in [-0.3, -0.25) is 14.4 Å². The van der Waals surface area contributed by atoms with Crippen LogP contribution >= 0.6 is 0 Å². The van der Waals surface area contributed by atoms with Gasteiger partial charge in [0.2, 0.25) is 5.95 Å². The van der Waals surface area contributed by atoms with E-state index in [9.17, 15) is 9.35 Å². The van der Waals surface area contributed by atoms with E-state index < -0.39 is 11.2 Å². The van der Waals surface area contributed by atoms with E-state index in [1.807, 2.05) is 30.0 Å². The Bertz CT molecular complexity index is 1750. The summed E-state index contributed by atoms with van der Waals surface area (Å²) in [7, 11) is 0. The van der Waals surface area contributed by atoms with Crippen LogP contribution in [-0.4, -0.2) is 57.7 Å². The Balaban J connectivity index is 1.41. The molecule has 9 nitrogen and oxygen atoms in total. The Labute approximate surface area is 240 Å². The number of hydrogen-bond acceptors (Lipinski definition) is 8. The minimum atomic E-state index is -1.24. The number of hydrogen-bond donors (Lipinski definition) is 2. The Morgan fingerprint density at radius 1 is 1.15 bits per heavy atom. The topological polar surface area (TPSA) is 111 Å². The van der Waals surface area contributed by atoms with Gasteiger partial charge in [-0.2, -0.15) is 4.98 Å². The summed E-state index contributed by atoms with van der Waals surface area (Å²) in [6, 6.07) is 14.1. The molecule has 1 atom stereocenters. The molecule has 4 aromatic rings. The summed E-state index contributed by atoms with van der Waals surface area (Å²) in [6.45, 7) is 5.24. The molecule has 0 bridgehead atoms. The number of benzene rings is 2. The quantitative estimate of drug-likeness (QED) is 0.322. The molecule has 6 rings (SSSR count). The van der Waals surface area contributed by atoms with Crippen LogP contribution in [0.5, 0.6) is 0 Å². The second-order valence-corrected chi connectivity index (χ2v) is 11.5. The van der Waals surface area contributed by atoms with Gasteiger partial charge in [0.05, 0.1) is 23.5 Å². The molecule has 0 radical (unpaired) electrons. The van der Waals surface area contributed by atoms with Crippen LogP contribution in [0.25, 0.3) is 16.7 Å². The normalized spacial score (nSPS) is 16.0. The van der Waals surface area contributed by atoms with Gasteiger partial charge in [-0.15, -0.1) is 0 Å². The van der Waals surface area contributed by atoms with Crippen LogP contribution in [0.4, 0.5) is 21.7 Å². The molecule has 0 saturated carbocycles. The average molecular weight is 572 g/mol. The number of nitrogens with zero attached hydrogens (tertiary/aromatic N) is 5. The van der Waals surface area contributed by atoms with Gasteiger partial charge in [0, 0.05) is 61.6 Å². The molecule has 0 amide bonds. The number of pyridine rings is 1. The lowest BCUT2D eigenvalue weighted by atomic mass is 10.1. The highest BCUT2D eigenvalue weighted by molar-refractivity contribution is 7.90. The van der Waals surface area contributed by atoms with Gasteiger partial charge >= 0.3 is 0 Å². The lowest BCUT2D eigenvalue weighted by molar-refractivity contribution is 0.566. The van der Waals surface area contributed by atoms with E-state index in [4.69, 9.17) is 4.98 Å². The zero-order valence-corrected chi connectivity index (χ0v) is 23.7. The Morgan fingerprint density at radius 3 is 2.68 bits per heavy atom. The second-order valence-electron chi connectivity index (χ2n) is 10.2. The predicted molar refractivity (Wildman–Crippen MR) is 162 cm³/mol. The highest BCUT2D eigenvalue weighted by Gasteiger charge is 2.21. The van der Waals surface area contributed by atoms with Crippen LogP contribution in [0, 0.1) is 5.82 Å². The lowest BCUT2D eigenvalue weighted by Crippen LogP contribution is -2.43. The highest BCUT2D eigenvalue weighted by atomic mass is 32.2. The molecule has 1 saturated heterocycles. The maximum atomic E-state index is 15.0. The van der Waals surface area contributed by atoms with Gasteiger partial charge in [-0.05, 0) is 54.0 Å².